The van der Waals surface area contributed by atoms with Crippen LogP contribution in [0.15, 0.2) is 24.0 Å². The molecule has 0 aromatic carbocycles. The predicted octanol–water partition coefficient (Wildman–Crippen LogP) is 3.28. The van der Waals surface area contributed by atoms with Crippen molar-refractivity contribution < 1.29 is 19.7 Å². The summed E-state index contributed by atoms with van der Waals surface area (Å²) >= 11 is 0. The summed E-state index contributed by atoms with van der Waals surface area (Å²) in [5.41, 5.74) is -2.32. The van der Waals surface area contributed by atoms with E-state index < -0.39 is 23.3 Å². The first-order valence-corrected chi connectivity index (χ1v) is 8.87. The van der Waals surface area contributed by atoms with Crippen LogP contribution >= 0.6 is 0 Å². The largest absolute Gasteiger partial charge is 0.508 e. The Bertz CT molecular complexity index is 587. The molecule has 4 aliphatic rings. The van der Waals surface area contributed by atoms with Crippen LogP contribution in [0.2, 0.25) is 0 Å². The third kappa shape index (κ3) is 1.77. The third-order valence-corrected chi connectivity index (χ3v) is 7.91. The zero-order chi connectivity index (χ0) is 16.6. The maximum absolute atomic E-state index is 16.4. The molecule has 3 nitrogen and oxygen atoms in total. The lowest BCUT2D eigenvalue weighted by atomic mass is 9.45. The maximum Gasteiger partial charge on any atom is 0.123 e. The van der Waals surface area contributed by atoms with Crippen molar-refractivity contribution in [2.24, 2.45) is 28.6 Å². The van der Waals surface area contributed by atoms with E-state index in [1.165, 1.54) is 0 Å². The summed E-state index contributed by atoms with van der Waals surface area (Å²) in [6.45, 7) is 4.00. The Hall–Kier alpha value is -0.870. The summed E-state index contributed by atoms with van der Waals surface area (Å²) in [5.74, 6) is 0.153. The highest BCUT2D eigenvalue weighted by molar-refractivity contribution is 5.31. The molecule has 23 heavy (non-hydrogen) atoms. The van der Waals surface area contributed by atoms with E-state index in [-0.39, 0.29) is 28.9 Å². The van der Waals surface area contributed by atoms with Crippen LogP contribution in [0.1, 0.15) is 46.0 Å². The monoisotopic (exact) mass is 322 g/mol. The van der Waals surface area contributed by atoms with Gasteiger partial charge in [0.05, 0.1) is 12.2 Å². The van der Waals surface area contributed by atoms with Crippen molar-refractivity contribution in [1.82, 2.24) is 0 Å². The quantitative estimate of drug-likeness (QED) is 0.641. The minimum absolute atomic E-state index is 0.0226. The van der Waals surface area contributed by atoms with Crippen molar-refractivity contribution in [3.05, 3.63) is 24.0 Å². The van der Waals surface area contributed by atoms with Crippen molar-refractivity contribution in [2.75, 3.05) is 0 Å². The Kier molecular flexibility index (Phi) is 3.13. The van der Waals surface area contributed by atoms with Gasteiger partial charge in [-0.2, -0.15) is 0 Å². The summed E-state index contributed by atoms with van der Waals surface area (Å²) in [6, 6.07) is 0. The second-order valence-corrected chi connectivity index (χ2v) is 8.72. The summed E-state index contributed by atoms with van der Waals surface area (Å²) in [7, 11) is 0. The molecule has 3 N–H and O–H groups in total. The molecule has 0 heterocycles. The minimum Gasteiger partial charge on any atom is -0.508 e. The lowest BCUT2D eigenvalue weighted by molar-refractivity contribution is -0.165. The van der Waals surface area contributed by atoms with Crippen LogP contribution in [0.3, 0.4) is 0 Å². The van der Waals surface area contributed by atoms with Crippen LogP contribution in [0.4, 0.5) is 4.39 Å². The third-order valence-electron chi connectivity index (χ3n) is 7.91. The molecule has 0 amide bonds. The summed E-state index contributed by atoms with van der Waals surface area (Å²) in [4.78, 5) is 0. The maximum atomic E-state index is 16.4. The van der Waals surface area contributed by atoms with E-state index in [4.69, 9.17) is 0 Å². The molecule has 0 bridgehead atoms. The van der Waals surface area contributed by atoms with Gasteiger partial charge in [-0.1, -0.05) is 19.9 Å². The smallest absolute Gasteiger partial charge is 0.123 e. The summed E-state index contributed by atoms with van der Waals surface area (Å²) < 4.78 is 16.4. The number of rotatable bonds is 0. The number of fused-ring (bicyclic) bond motifs is 5. The molecule has 0 radical (unpaired) electrons. The molecule has 0 aromatic rings. The van der Waals surface area contributed by atoms with Crippen molar-refractivity contribution in [3.8, 4) is 0 Å². The van der Waals surface area contributed by atoms with Crippen LogP contribution in [-0.2, 0) is 0 Å². The van der Waals surface area contributed by atoms with Gasteiger partial charge in [-0.25, -0.2) is 4.39 Å². The first-order valence-electron chi connectivity index (χ1n) is 8.87. The van der Waals surface area contributed by atoms with Gasteiger partial charge in [0.1, 0.15) is 11.4 Å². The lowest BCUT2D eigenvalue weighted by Crippen LogP contribution is -2.61. The van der Waals surface area contributed by atoms with Gasteiger partial charge in [0, 0.05) is 5.41 Å². The van der Waals surface area contributed by atoms with Gasteiger partial charge in [-0.05, 0) is 67.4 Å². The van der Waals surface area contributed by atoms with E-state index in [2.05, 4.69) is 0 Å². The number of allylic oxidation sites excluding steroid dienone is 3. The fraction of sp³-hybridized carbons (Fsp3) is 0.789. The molecule has 0 spiro atoms. The Morgan fingerprint density at radius 3 is 2.61 bits per heavy atom. The first kappa shape index (κ1) is 15.6. The Morgan fingerprint density at radius 2 is 1.87 bits per heavy atom. The molecule has 0 saturated heterocycles. The normalized spacial score (nSPS) is 58.1. The van der Waals surface area contributed by atoms with Gasteiger partial charge < -0.3 is 15.3 Å². The van der Waals surface area contributed by atoms with Crippen molar-refractivity contribution in [3.63, 3.8) is 0 Å². The zero-order valence-electron chi connectivity index (χ0n) is 13.9. The molecule has 4 rings (SSSR count). The van der Waals surface area contributed by atoms with Gasteiger partial charge in [0.25, 0.3) is 0 Å². The molecule has 0 aromatic heterocycles. The molecule has 128 valence electrons. The molecule has 4 heteroatoms. The molecule has 8 atom stereocenters. The van der Waals surface area contributed by atoms with Gasteiger partial charge in [-0.3, -0.25) is 0 Å². The molecule has 3 saturated carbocycles. The fourth-order valence-electron chi connectivity index (χ4n) is 6.33. The standard InChI is InChI=1S/C19H27FO3/c1-17-7-8-19(20)13(14(17)10-15(22)16(17)23)4-3-11-9-12(21)5-6-18(11,19)2/h5-6,9,11,13-16,21-23H,3-4,7-8,10H2,1-2H3/t11?,13-,14-,15?,16?,17-,18-,19-/m0/s1. The molecule has 3 unspecified atom stereocenters. The van der Waals surface area contributed by atoms with E-state index in [1.807, 2.05) is 26.0 Å². The highest BCUT2D eigenvalue weighted by Gasteiger charge is 2.68. The number of hydrogen-bond donors (Lipinski definition) is 3. The number of aliphatic hydroxyl groups is 3. The Labute approximate surface area is 136 Å². The van der Waals surface area contributed by atoms with E-state index in [0.717, 1.165) is 12.8 Å². The highest BCUT2D eigenvalue weighted by Crippen LogP contribution is 2.68. The fourth-order valence-corrected chi connectivity index (χ4v) is 6.33. The number of halogens is 1. The number of alkyl halides is 1. The molecule has 3 fully saturated rings. The topological polar surface area (TPSA) is 60.7 Å². The average molecular weight is 322 g/mol. The first-order chi connectivity index (χ1) is 10.7. The van der Waals surface area contributed by atoms with Gasteiger partial charge in [0.2, 0.25) is 0 Å². The minimum atomic E-state index is -1.34. The van der Waals surface area contributed by atoms with Crippen molar-refractivity contribution in [1.29, 1.82) is 0 Å². The van der Waals surface area contributed by atoms with Crippen LogP contribution in [0.25, 0.3) is 0 Å². The summed E-state index contributed by atoms with van der Waals surface area (Å²) in [6.07, 6.45) is 6.96. The Balaban J connectivity index is 1.75. The van der Waals surface area contributed by atoms with E-state index >= 15 is 4.39 Å². The van der Waals surface area contributed by atoms with E-state index in [9.17, 15) is 15.3 Å². The van der Waals surface area contributed by atoms with Gasteiger partial charge in [0.15, 0.2) is 0 Å². The number of hydrogen-bond acceptors (Lipinski definition) is 3. The van der Waals surface area contributed by atoms with Crippen molar-refractivity contribution in [2.45, 2.75) is 63.8 Å². The predicted molar refractivity (Wildman–Crippen MR) is 85.5 cm³/mol. The van der Waals surface area contributed by atoms with Gasteiger partial charge >= 0.3 is 0 Å². The Morgan fingerprint density at radius 1 is 1.13 bits per heavy atom. The second kappa shape index (κ2) is 4.60. The van der Waals surface area contributed by atoms with Crippen LogP contribution in [0, 0.1) is 28.6 Å². The second-order valence-electron chi connectivity index (χ2n) is 8.72. The van der Waals surface area contributed by atoms with E-state index in [1.54, 1.807) is 6.08 Å². The SMILES string of the molecule is C[C@]12C=CC(O)=CC1CC[C@H]1[C@@H]3CC(O)C(O)[C@@]3(C)CC[C@]12F. The molecule has 0 aliphatic heterocycles. The van der Waals surface area contributed by atoms with Crippen LogP contribution in [0.5, 0.6) is 0 Å². The molecular weight excluding hydrogens is 295 g/mol. The lowest BCUT2D eigenvalue weighted by Gasteiger charge is -2.61. The van der Waals surface area contributed by atoms with E-state index in [0.29, 0.717) is 19.3 Å². The zero-order valence-corrected chi connectivity index (χ0v) is 13.9. The summed E-state index contributed by atoms with van der Waals surface area (Å²) in [5, 5.41) is 30.4. The molecule has 4 aliphatic carbocycles. The van der Waals surface area contributed by atoms with Crippen LogP contribution in [-0.4, -0.2) is 33.2 Å². The molecular formula is C19H27FO3. The highest BCUT2D eigenvalue weighted by atomic mass is 19.1. The van der Waals surface area contributed by atoms with Crippen molar-refractivity contribution >= 4 is 0 Å². The van der Waals surface area contributed by atoms with Gasteiger partial charge in [-0.15, -0.1) is 0 Å². The number of aliphatic hydroxyl groups excluding tert-OH is 3. The van der Waals surface area contributed by atoms with Crippen LogP contribution < -0.4 is 0 Å². The average Bonchev–Trinajstić information content (AvgIpc) is 2.73.